The van der Waals surface area contributed by atoms with Gasteiger partial charge < -0.3 is 14.8 Å². The van der Waals surface area contributed by atoms with E-state index in [1.807, 2.05) is 25.1 Å². The Bertz CT molecular complexity index is 688. The summed E-state index contributed by atoms with van der Waals surface area (Å²) in [6.07, 6.45) is 0.543. The molecule has 1 amide bonds. The third-order valence-corrected chi connectivity index (χ3v) is 3.53. The number of hydrogen-bond acceptors (Lipinski definition) is 3. The van der Waals surface area contributed by atoms with E-state index < -0.39 is 0 Å². The van der Waals surface area contributed by atoms with Gasteiger partial charge in [0.2, 0.25) is 5.91 Å². The van der Waals surface area contributed by atoms with E-state index in [0.29, 0.717) is 23.6 Å². The van der Waals surface area contributed by atoms with E-state index in [0.717, 1.165) is 5.56 Å². The van der Waals surface area contributed by atoms with Crippen molar-refractivity contribution in [3.05, 3.63) is 53.8 Å². The molecule has 5 heteroatoms. The Kier molecular flexibility index (Phi) is 5.57. The highest BCUT2D eigenvalue weighted by Gasteiger charge is 2.15. The van der Waals surface area contributed by atoms with Crippen LogP contribution in [-0.4, -0.2) is 20.1 Å². The minimum Gasteiger partial charge on any atom is -0.493 e. The Balaban J connectivity index is 2.03. The van der Waals surface area contributed by atoms with Gasteiger partial charge in [0.05, 0.1) is 14.2 Å². The van der Waals surface area contributed by atoms with Gasteiger partial charge in [-0.25, -0.2) is 4.39 Å². The number of rotatable bonds is 6. The van der Waals surface area contributed by atoms with E-state index in [1.165, 1.54) is 12.1 Å². The number of anilines is 1. The number of methoxy groups -OCH3 is 2. The first-order chi connectivity index (χ1) is 11.0. The van der Waals surface area contributed by atoms with Crippen molar-refractivity contribution < 1.29 is 18.7 Å². The zero-order chi connectivity index (χ0) is 16.8. The molecule has 0 saturated carbocycles. The van der Waals surface area contributed by atoms with E-state index >= 15 is 0 Å². The molecule has 0 aromatic heterocycles. The maximum Gasteiger partial charge on any atom is 0.227 e. The predicted octanol–water partition coefficient (Wildman–Crippen LogP) is 3.66. The summed E-state index contributed by atoms with van der Waals surface area (Å²) in [5.41, 5.74) is 1.42. The van der Waals surface area contributed by atoms with Crippen LogP contribution < -0.4 is 14.8 Å². The van der Waals surface area contributed by atoms with Crippen molar-refractivity contribution in [1.82, 2.24) is 0 Å². The molecule has 0 spiro atoms. The summed E-state index contributed by atoms with van der Waals surface area (Å²) in [5, 5.41) is 2.72. The summed E-state index contributed by atoms with van der Waals surface area (Å²) in [7, 11) is 3.15. The molecule has 1 atom stereocenters. The van der Waals surface area contributed by atoms with E-state index in [2.05, 4.69) is 5.32 Å². The van der Waals surface area contributed by atoms with Gasteiger partial charge in [-0.2, -0.15) is 0 Å². The first-order valence-corrected chi connectivity index (χ1v) is 7.31. The van der Waals surface area contributed by atoms with Crippen LogP contribution in [0.5, 0.6) is 11.5 Å². The van der Waals surface area contributed by atoms with Crippen LogP contribution >= 0.6 is 0 Å². The molecule has 1 N–H and O–H groups in total. The smallest absolute Gasteiger partial charge is 0.227 e. The second-order valence-electron chi connectivity index (χ2n) is 5.29. The lowest BCUT2D eigenvalue weighted by molar-refractivity contribution is -0.119. The van der Waals surface area contributed by atoms with Gasteiger partial charge in [-0.05, 0) is 42.3 Å². The third-order valence-electron chi connectivity index (χ3n) is 3.53. The second-order valence-corrected chi connectivity index (χ2v) is 5.29. The van der Waals surface area contributed by atoms with Crippen LogP contribution in [0.15, 0.2) is 42.5 Å². The third kappa shape index (κ3) is 4.45. The highest BCUT2D eigenvalue weighted by molar-refractivity contribution is 5.92. The van der Waals surface area contributed by atoms with Crippen molar-refractivity contribution in [3.8, 4) is 11.5 Å². The lowest BCUT2D eigenvalue weighted by Crippen LogP contribution is -2.22. The maximum absolute atomic E-state index is 13.1. The quantitative estimate of drug-likeness (QED) is 0.884. The summed E-state index contributed by atoms with van der Waals surface area (Å²) in [5.74, 6) is 0.466. The molecule has 0 bridgehead atoms. The van der Waals surface area contributed by atoms with Crippen LogP contribution in [0.25, 0.3) is 0 Å². The summed E-state index contributed by atoms with van der Waals surface area (Å²) < 4.78 is 23.6. The molecule has 0 aliphatic carbocycles. The molecule has 0 heterocycles. The van der Waals surface area contributed by atoms with Crippen LogP contribution in [0.4, 0.5) is 10.1 Å². The molecular weight excluding hydrogens is 297 g/mol. The average molecular weight is 317 g/mol. The molecule has 0 aliphatic rings. The predicted molar refractivity (Wildman–Crippen MR) is 87.4 cm³/mol. The minimum absolute atomic E-state index is 0.162. The number of carbonyl (C=O) groups excluding carboxylic acids is 1. The Hall–Kier alpha value is -2.56. The van der Waals surface area contributed by atoms with Gasteiger partial charge >= 0.3 is 0 Å². The van der Waals surface area contributed by atoms with Gasteiger partial charge in [0.15, 0.2) is 11.5 Å². The van der Waals surface area contributed by atoms with Crippen molar-refractivity contribution in [2.24, 2.45) is 5.92 Å². The Morgan fingerprint density at radius 3 is 2.52 bits per heavy atom. The molecule has 4 nitrogen and oxygen atoms in total. The fraction of sp³-hybridized carbons (Fsp3) is 0.278. The van der Waals surface area contributed by atoms with Gasteiger partial charge in [-0.3, -0.25) is 4.79 Å². The summed E-state index contributed by atoms with van der Waals surface area (Å²) in [4.78, 5) is 12.2. The van der Waals surface area contributed by atoms with Gasteiger partial charge in [-0.1, -0.05) is 19.1 Å². The Labute approximate surface area is 135 Å². The first-order valence-electron chi connectivity index (χ1n) is 7.31. The van der Waals surface area contributed by atoms with E-state index in [4.69, 9.17) is 9.47 Å². The molecular formula is C18H20FNO3. The second kappa shape index (κ2) is 7.63. The fourth-order valence-corrected chi connectivity index (χ4v) is 2.29. The van der Waals surface area contributed by atoms with Crippen LogP contribution in [-0.2, 0) is 11.2 Å². The van der Waals surface area contributed by atoms with Gasteiger partial charge in [0.1, 0.15) is 5.82 Å². The average Bonchev–Trinajstić information content (AvgIpc) is 2.54. The number of benzene rings is 2. The number of ether oxygens (including phenoxy) is 2. The molecule has 0 radical (unpaired) electrons. The molecule has 0 aliphatic heterocycles. The van der Waals surface area contributed by atoms with Crippen molar-refractivity contribution >= 4 is 11.6 Å². The number of amides is 1. The van der Waals surface area contributed by atoms with Gasteiger partial charge in [0.25, 0.3) is 0 Å². The van der Waals surface area contributed by atoms with Crippen molar-refractivity contribution in [1.29, 1.82) is 0 Å². The van der Waals surface area contributed by atoms with Crippen LogP contribution in [0.3, 0.4) is 0 Å². The van der Waals surface area contributed by atoms with Crippen LogP contribution in [0.2, 0.25) is 0 Å². The van der Waals surface area contributed by atoms with Crippen molar-refractivity contribution in [2.75, 3.05) is 19.5 Å². The summed E-state index contributed by atoms with van der Waals surface area (Å²) in [6.45, 7) is 1.82. The highest BCUT2D eigenvalue weighted by Crippen LogP contribution is 2.28. The molecule has 23 heavy (non-hydrogen) atoms. The van der Waals surface area contributed by atoms with Crippen molar-refractivity contribution in [3.63, 3.8) is 0 Å². The van der Waals surface area contributed by atoms with Crippen molar-refractivity contribution in [2.45, 2.75) is 13.3 Å². The lowest BCUT2D eigenvalue weighted by Gasteiger charge is -2.14. The largest absolute Gasteiger partial charge is 0.493 e. The van der Waals surface area contributed by atoms with Crippen LogP contribution in [0.1, 0.15) is 12.5 Å². The molecule has 2 aromatic carbocycles. The Morgan fingerprint density at radius 1 is 1.13 bits per heavy atom. The monoisotopic (exact) mass is 317 g/mol. The molecule has 2 rings (SSSR count). The standard InChI is InChI=1S/C18H20FNO3/c1-12(18(21)20-15-6-4-5-14(19)11-15)9-13-7-8-16(22-2)17(10-13)23-3/h4-8,10-12H,9H2,1-3H3,(H,20,21). The minimum atomic E-state index is -0.379. The molecule has 0 saturated heterocycles. The Morgan fingerprint density at radius 2 is 1.87 bits per heavy atom. The van der Waals surface area contributed by atoms with E-state index in [1.54, 1.807) is 26.4 Å². The van der Waals surface area contributed by atoms with E-state index in [9.17, 15) is 9.18 Å². The first kappa shape index (κ1) is 16.8. The summed E-state index contributed by atoms with van der Waals surface area (Å²) in [6, 6.07) is 11.4. The molecule has 2 aromatic rings. The number of hydrogen-bond donors (Lipinski definition) is 1. The number of nitrogens with one attached hydrogen (secondary N) is 1. The van der Waals surface area contributed by atoms with Crippen LogP contribution in [0, 0.1) is 11.7 Å². The molecule has 0 fully saturated rings. The zero-order valence-corrected chi connectivity index (χ0v) is 13.4. The maximum atomic E-state index is 13.1. The molecule has 1 unspecified atom stereocenters. The number of carbonyl (C=O) groups is 1. The SMILES string of the molecule is COc1ccc(CC(C)C(=O)Nc2cccc(F)c2)cc1OC. The highest BCUT2D eigenvalue weighted by atomic mass is 19.1. The van der Waals surface area contributed by atoms with Gasteiger partial charge in [0, 0.05) is 11.6 Å². The zero-order valence-electron chi connectivity index (χ0n) is 13.4. The van der Waals surface area contributed by atoms with Gasteiger partial charge in [-0.15, -0.1) is 0 Å². The number of halogens is 1. The fourth-order valence-electron chi connectivity index (χ4n) is 2.29. The topological polar surface area (TPSA) is 47.6 Å². The summed E-state index contributed by atoms with van der Waals surface area (Å²) >= 11 is 0. The van der Waals surface area contributed by atoms with E-state index in [-0.39, 0.29) is 17.6 Å². The lowest BCUT2D eigenvalue weighted by atomic mass is 10.00. The normalized spacial score (nSPS) is 11.7. The molecule has 122 valence electrons.